The average molecular weight is 338 g/mol. The third kappa shape index (κ3) is 2.84. The van der Waals surface area contributed by atoms with E-state index in [1.807, 2.05) is 6.92 Å². The van der Waals surface area contributed by atoms with Crippen LogP contribution in [-0.2, 0) is 27.7 Å². The minimum Gasteiger partial charge on any atom is -0.481 e. The van der Waals surface area contributed by atoms with Gasteiger partial charge in [-0.05, 0) is 60.6 Å². The van der Waals surface area contributed by atoms with Crippen LogP contribution in [0.15, 0.2) is 29.2 Å². The van der Waals surface area contributed by atoms with Crippen molar-refractivity contribution >= 4 is 33.3 Å². The maximum atomic E-state index is 12.4. The zero-order valence-electron chi connectivity index (χ0n) is 11.7. The number of carboxylic acid groups (broad SMARTS) is 1. The van der Waals surface area contributed by atoms with E-state index in [0.717, 1.165) is 16.0 Å². The lowest BCUT2D eigenvalue weighted by Crippen LogP contribution is -2.13. The van der Waals surface area contributed by atoms with Crippen molar-refractivity contribution in [3.63, 3.8) is 0 Å². The van der Waals surface area contributed by atoms with E-state index >= 15 is 0 Å². The minimum absolute atomic E-state index is 0.128. The molecule has 2 aromatic rings. The number of rotatable bonds is 4. The molecule has 0 saturated heterocycles. The number of nitrogens with one attached hydrogen (secondary N) is 1. The molecule has 0 spiro atoms. The van der Waals surface area contributed by atoms with Crippen LogP contribution in [0.25, 0.3) is 0 Å². The van der Waals surface area contributed by atoms with Gasteiger partial charge in [-0.3, -0.25) is 9.52 Å². The molecule has 0 saturated carbocycles. The van der Waals surface area contributed by atoms with Gasteiger partial charge in [0.25, 0.3) is 10.0 Å². The molecule has 0 bridgehead atoms. The van der Waals surface area contributed by atoms with Crippen molar-refractivity contribution in [3.05, 3.63) is 40.3 Å². The number of aromatic nitrogens is 1. The number of aliphatic carboxylic acids is 1. The van der Waals surface area contributed by atoms with Gasteiger partial charge >= 0.3 is 5.97 Å². The molecule has 1 aliphatic carbocycles. The molecule has 3 rings (SSSR count). The van der Waals surface area contributed by atoms with Crippen LogP contribution in [0.1, 0.15) is 16.0 Å². The standard InChI is InChI=1S/C14H14N2O4S2/c1-8-4-13(15-21-8)16-22(19,20)12-3-2-9-5-11(14(17)18)6-10(9)7-12/h2-4,7,11H,5-6H2,1H3,(H,15,16)(H,17,18). The molecule has 0 amide bonds. The molecular formula is C14H14N2O4S2. The summed E-state index contributed by atoms with van der Waals surface area (Å²) in [4.78, 5) is 12.1. The third-order valence-electron chi connectivity index (χ3n) is 3.64. The molecule has 0 aliphatic heterocycles. The second kappa shape index (κ2) is 5.36. The number of benzene rings is 1. The number of anilines is 1. The SMILES string of the molecule is Cc1cc(NS(=O)(=O)c2ccc3c(c2)CC(C(=O)O)C3)ns1. The summed E-state index contributed by atoms with van der Waals surface area (Å²) in [6, 6.07) is 6.42. The van der Waals surface area contributed by atoms with Crippen molar-refractivity contribution in [2.24, 2.45) is 5.92 Å². The highest BCUT2D eigenvalue weighted by Gasteiger charge is 2.28. The Balaban J connectivity index is 1.87. The van der Waals surface area contributed by atoms with Gasteiger partial charge in [0.2, 0.25) is 0 Å². The minimum atomic E-state index is -3.71. The summed E-state index contributed by atoms with van der Waals surface area (Å²) >= 11 is 1.22. The number of aryl methyl sites for hydroxylation is 1. The van der Waals surface area contributed by atoms with Crippen molar-refractivity contribution < 1.29 is 18.3 Å². The van der Waals surface area contributed by atoms with Crippen molar-refractivity contribution in [1.29, 1.82) is 0 Å². The van der Waals surface area contributed by atoms with Gasteiger partial charge in [-0.15, -0.1) is 0 Å². The lowest BCUT2D eigenvalue weighted by molar-refractivity contribution is -0.141. The van der Waals surface area contributed by atoms with Gasteiger partial charge in [-0.1, -0.05) is 6.07 Å². The van der Waals surface area contributed by atoms with Crippen LogP contribution >= 0.6 is 11.5 Å². The molecular weight excluding hydrogens is 324 g/mol. The van der Waals surface area contributed by atoms with Gasteiger partial charge in [0, 0.05) is 4.88 Å². The molecule has 1 heterocycles. The van der Waals surface area contributed by atoms with Crippen LogP contribution < -0.4 is 4.72 Å². The summed E-state index contributed by atoms with van der Waals surface area (Å²) in [6.45, 7) is 1.84. The fraction of sp³-hybridized carbons (Fsp3) is 0.286. The van der Waals surface area contributed by atoms with E-state index in [1.165, 1.54) is 17.6 Å². The smallest absolute Gasteiger partial charge is 0.307 e. The second-order valence-electron chi connectivity index (χ2n) is 5.30. The third-order valence-corrected chi connectivity index (χ3v) is 5.68. The van der Waals surface area contributed by atoms with Gasteiger partial charge in [0.15, 0.2) is 5.82 Å². The van der Waals surface area contributed by atoms with Crippen molar-refractivity contribution in [3.8, 4) is 0 Å². The van der Waals surface area contributed by atoms with Gasteiger partial charge in [0.1, 0.15) is 0 Å². The van der Waals surface area contributed by atoms with Crippen LogP contribution in [0.3, 0.4) is 0 Å². The van der Waals surface area contributed by atoms with E-state index in [-0.39, 0.29) is 4.90 Å². The predicted molar refractivity (Wildman–Crippen MR) is 82.6 cm³/mol. The molecule has 1 atom stereocenters. The molecule has 2 N–H and O–H groups in total. The van der Waals surface area contributed by atoms with Crippen LogP contribution in [0.5, 0.6) is 0 Å². The van der Waals surface area contributed by atoms with Gasteiger partial charge in [-0.25, -0.2) is 8.42 Å². The highest BCUT2D eigenvalue weighted by molar-refractivity contribution is 7.92. The van der Waals surface area contributed by atoms with Crippen LogP contribution in [-0.4, -0.2) is 23.9 Å². The summed E-state index contributed by atoms with van der Waals surface area (Å²) < 4.78 is 31.2. The number of carbonyl (C=O) groups is 1. The quantitative estimate of drug-likeness (QED) is 0.889. The van der Waals surface area contributed by atoms with Gasteiger partial charge in [0.05, 0.1) is 10.8 Å². The first-order valence-corrected chi connectivity index (χ1v) is 8.91. The Hall–Kier alpha value is -1.93. The molecule has 22 heavy (non-hydrogen) atoms. The molecule has 0 radical (unpaired) electrons. The Labute approximate surface area is 132 Å². The molecule has 116 valence electrons. The molecule has 1 aliphatic rings. The van der Waals surface area contributed by atoms with Crippen LogP contribution in [0.2, 0.25) is 0 Å². The Bertz CT molecular complexity index is 842. The van der Waals surface area contributed by atoms with Crippen molar-refractivity contribution in [1.82, 2.24) is 4.37 Å². The fourth-order valence-electron chi connectivity index (χ4n) is 2.55. The van der Waals surface area contributed by atoms with Crippen molar-refractivity contribution in [2.45, 2.75) is 24.7 Å². The Morgan fingerprint density at radius 1 is 1.32 bits per heavy atom. The van der Waals surface area contributed by atoms with E-state index in [9.17, 15) is 13.2 Å². The Morgan fingerprint density at radius 3 is 2.68 bits per heavy atom. The highest BCUT2D eigenvalue weighted by atomic mass is 32.2. The predicted octanol–water partition coefficient (Wildman–Crippen LogP) is 2.05. The lowest BCUT2D eigenvalue weighted by atomic mass is 10.1. The number of sulfonamides is 1. The lowest BCUT2D eigenvalue weighted by Gasteiger charge is -2.07. The molecule has 8 heteroatoms. The first-order valence-electron chi connectivity index (χ1n) is 6.66. The number of nitrogens with zero attached hydrogens (tertiary/aromatic N) is 1. The maximum Gasteiger partial charge on any atom is 0.307 e. The van der Waals surface area contributed by atoms with Gasteiger partial charge < -0.3 is 5.11 Å². The number of hydrogen-bond donors (Lipinski definition) is 2. The van der Waals surface area contributed by atoms with E-state index in [4.69, 9.17) is 5.11 Å². The Kier molecular flexibility index (Phi) is 3.65. The first kappa shape index (κ1) is 15.0. The summed E-state index contributed by atoms with van der Waals surface area (Å²) in [5.74, 6) is -1.02. The largest absolute Gasteiger partial charge is 0.481 e. The number of fused-ring (bicyclic) bond motifs is 1. The van der Waals surface area contributed by atoms with Crippen molar-refractivity contribution in [2.75, 3.05) is 4.72 Å². The zero-order valence-corrected chi connectivity index (χ0v) is 13.4. The highest BCUT2D eigenvalue weighted by Crippen LogP contribution is 2.29. The van der Waals surface area contributed by atoms with Crippen LogP contribution in [0.4, 0.5) is 5.82 Å². The van der Waals surface area contributed by atoms with Gasteiger partial charge in [-0.2, -0.15) is 4.37 Å². The second-order valence-corrected chi connectivity index (χ2v) is 7.99. The van der Waals surface area contributed by atoms with Crippen LogP contribution in [0, 0.1) is 12.8 Å². The van der Waals surface area contributed by atoms with E-state index in [0.29, 0.717) is 18.7 Å². The summed E-state index contributed by atoms with van der Waals surface area (Å²) in [5, 5.41) is 9.07. The topological polar surface area (TPSA) is 96.4 Å². The Morgan fingerprint density at radius 2 is 2.05 bits per heavy atom. The fourth-order valence-corrected chi connectivity index (χ4v) is 4.15. The molecule has 1 unspecified atom stereocenters. The zero-order chi connectivity index (χ0) is 15.9. The van der Waals surface area contributed by atoms with E-state index < -0.39 is 21.9 Å². The summed E-state index contributed by atoms with van der Waals surface area (Å²) in [5.41, 5.74) is 1.68. The summed E-state index contributed by atoms with van der Waals surface area (Å²) in [7, 11) is -3.71. The molecule has 1 aromatic heterocycles. The van der Waals surface area contributed by atoms with E-state index in [2.05, 4.69) is 9.10 Å². The first-order chi connectivity index (χ1) is 10.3. The number of carboxylic acids is 1. The van der Waals surface area contributed by atoms with E-state index in [1.54, 1.807) is 18.2 Å². The molecule has 0 fully saturated rings. The average Bonchev–Trinajstić information content (AvgIpc) is 3.03. The molecule has 6 nitrogen and oxygen atoms in total. The maximum absolute atomic E-state index is 12.4. The summed E-state index contributed by atoms with van der Waals surface area (Å²) in [6.07, 6.45) is 0.813. The molecule has 1 aromatic carbocycles. The normalized spacial score (nSPS) is 17.2. The number of hydrogen-bond acceptors (Lipinski definition) is 5. The monoisotopic (exact) mass is 338 g/mol.